The Kier molecular flexibility index (Phi) is 5.37. The molecule has 0 spiro atoms. The van der Waals surface area contributed by atoms with Crippen molar-refractivity contribution in [2.24, 2.45) is 11.8 Å². The number of anilines is 1. The summed E-state index contributed by atoms with van der Waals surface area (Å²) in [7, 11) is 1.59. The largest absolute Gasteiger partial charge is 0.497 e. The predicted octanol–water partition coefficient (Wildman–Crippen LogP) is 4.27. The maximum atomic E-state index is 13.6. The van der Waals surface area contributed by atoms with E-state index in [1.54, 1.807) is 31.4 Å². The van der Waals surface area contributed by atoms with Gasteiger partial charge in [-0.05, 0) is 55.0 Å². The molecule has 0 aliphatic carbocycles. The standard InChI is InChI=1S/C25H28N2O3/c1-16-5-7-19(8-6-16)22-23(26-14-17(2)13-18(3)15-26)25(29)27(24(22)28)20-9-11-21(30-4)12-10-20/h5-12,17-18H,13-15H2,1-4H3. The van der Waals surface area contributed by atoms with Crippen LogP contribution < -0.4 is 9.64 Å². The lowest BCUT2D eigenvalue weighted by Gasteiger charge is -2.37. The van der Waals surface area contributed by atoms with Gasteiger partial charge in [0.05, 0.1) is 18.4 Å². The van der Waals surface area contributed by atoms with Gasteiger partial charge in [0.1, 0.15) is 11.4 Å². The highest BCUT2D eigenvalue weighted by Gasteiger charge is 2.43. The third-order valence-corrected chi connectivity index (χ3v) is 5.92. The molecule has 156 valence electrons. The fourth-order valence-corrected chi connectivity index (χ4v) is 4.60. The highest BCUT2D eigenvalue weighted by Crippen LogP contribution is 2.37. The molecule has 2 aromatic rings. The van der Waals surface area contributed by atoms with E-state index >= 15 is 0 Å². The molecule has 2 aliphatic rings. The van der Waals surface area contributed by atoms with Gasteiger partial charge in [0, 0.05) is 13.1 Å². The van der Waals surface area contributed by atoms with Crippen LogP contribution in [-0.4, -0.2) is 36.9 Å². The summed E-state index contributed by atoms with van der Waals surface area (Å²) in [5.74, 6) is 1.11. The fourth-order valence-electron chi connectivity index (χ4n) is 4.60. The fraction of sp³-hybridized carbons (Fsp3) is 0.360. The second-order valence-electron chi connectivity index (χ2n) is 8.58. The zero-order valence-corrected chi connectivity index (χ0v) is 18.0. The first-order valence-electron chi connectivity index (χ1n) is 10.5. The smallest absolute Gasteiger partial charge is 0.282 e. The molecule has 2 aromatic carbocycles. The summed E-state index contributed by atoms with van der Waals surface area (Å²) in [6, 6.07) is 14.9. The van der Waals surface area contributed by atoms with E-state index in [-0.39, 0.29) is 11.8 Å². The molecular weight excluding hydrogens is 376 g/mol. The lowest BCUT2D eigenvalue weighted by atomic mass is 9.91. The summed E-state index contributed by atoms with van der Waals surface area (Å²) in [6.07, 6.45) is 1.13. The van der Waals surface area contributed by atoms with Crippen LogP contribution in [0.1, 0.15) is 31.4 Å². The number of benzene rings is 2. The van der Waals surface area contributed by atoms with Crippen molar-refractivity contribution in [1.82, 2.24) is 4.90 Å². The number of piperidine rings is 1. The van der Waals surface area contributed by atoms with Crippen molar-refractivity contribution in [3.05, 3.63) is 65.4 Å². The Balaban J connectivity index is 1.80. The van der Waals surface area contributed by atoms with Gasteiger partial charge in [-0.2, -0.15) is 0 Å². The van der Waals surface area contributed by atoms with E-state index in [1.165, 1.54) is 4.90 Å². The summed E-state index contributed by atoms with van der Waals surface area (Å²) in [5, 5.41) is 0. The van der Waals surface area contributed by atoms with E-state index in [9.17, 15) is 9.59 Å². The average Bonchev–Trinajstić information content (AvgIpc) is 2.98. The number of hydrogen-bond donors (Lipinski definition) is 0. The molecule has 5 heteroatoms. The first kappa shape index (κ1) is 20.2. The molecule has 0 saturated carbocycles. The monoisotopic (exact) mass is 404 g/mol. The molecule has 0 aromatic heterocycles. The van der Waals surface area contributed by atoms with E-state index in [0.29, 0.717) is 34.5 Å². The normalized spacial score (nSPS) is 22.1. The van der Waals surface area contributed by atoms with Gasteiger partial charge in [-0.1, -0.05) is 43.7 Å². The molecule has 2 aliphatic heterocycles. The molecule has 4 rings (SSSR count). The van der Waals surface area contributed by atoms with Gasteiger partial charge in [-0.15, -0.1) is 0 Å². The van der Waals surface area contributed by atoms with Crippen molar-refractivity contribution < 1.29 is 14.3 Å². The Labute approximate surface area is 177 Å². The van der Waals surface area contributed by atoms with Crippen LogP contribution in [0.4, 0.5) is 5.69 Å². The van der Waals surface area contributed by atoms with Crippen molar-refractivity contribution in [2.45, 2.75) is 27.2 Å². The van der Waals surface area contributed by atoms with E-state index in [1.807, 2.05) is 31.2 Å². The van der Waals surface area contributed by atoms with Crippen LogP contribution in [0.2, 0.25) is 0 Å². The second-order valence-corrected chi connectivity index (χ2v) is 8.58. The van der Waals surface area contributed by atoms with Crippen molar-refractivity contribution in [2.75, 3.05) is 25.1 Å². The number of likely N-dealkylation sites (tertiary alicyclic amines) is 1. The first-order chi connectivity index (χ1) is 14.4. The van der Waals surface area contributed by atoms with Crippen LogP contribution in [0, 0.1) is 18.8 Å². The molecular formula is C25H28N2O3. The molecule has 30 heavy (non-hydrogen) atoms. The van der Waals surface area contributed by atoms with Crippen molar-refractivity contribution >= 4 is 23.1 Å². The number of amides is 2. The number of rotatable bonds is 4. The molecule has 0 N–H and O–H groups in total. The van der Waals surface area contributed by atoms with Gasteiger partial charge in [0.25, 0.3) is 11.8 Å². The van der Waals surface area contributed by atoms with Crippen LogP contribution in [0.5, 0.6) is 5.75 Å². The number of hydrogen-bond acceptors (Lipinski definition) is 4. The SMILES string of the molecule is COc1ccc(N2C(=O)C(c3ccc(C)cc3)=C(N3CC(C)CC(C)C3)C2=O)cc1. The minimum absolute atomic E-state index is 0.248. The van der Waals surface area contributed by atoms with Crippen LogP contribution >= 0.6 is 0 Å². The summed E-state index contributed by atoms with van der Waals surface area (Å²) in [5.41, 5.74) is 3.49. The number of methoxy groups -OCH3 is 1. The third-order valence-electron chi connectivity index (χ3n) is 5.92. The Hall–Kier alpha value is -3.08. The molecule has 1 fully saturated rings. The lowest BCUT2D eigenvalue weighted by Crippen LogP contribution is -2.42. The summed E-state index contributed by atoms with van der Waals surface area (Å²) in [6.45, 7) is 7.99. The maximum absolute atomic E-state index is 13.6. The van der Waals surface area contributed by atoms with E-state index in [4.69, 9.17) is 4.74 Å². The van der Waals surface area contributed by atoms with Crippen molar-refractivity contribution in [3.63, 3.8) is 0 Å². The number of ether oxygens (including phenoxy) is 1. The Morgan fingerprint density at radius 2 is 1.47 bits per heavy atom. The zero-order chi connectivity index (χ0) is 21.4. The maximum Gasteiger partial charge on any atom is 0.282 e. The third kappa shape index (κ3) is 3.60. The van der Waals surface area contributed by atoms with Crippen molar-refractivity contribution in [1.29, 1.82) is 0 Å². The van der Waals surface area contributed by atoms with Gasteiger partial charge in [0.15, 0.2) is 0 Å². The summed E-state index contributed by atoms with van der Waals surface area (Å²) >= 11 is 0. The molecule has 2 heterocycles. The van der Waals surface area contributed by atoms with Crippen molar-refractivity contribution in [3.8, 4) is 5.75 Å². The van der Waals surface area contributed by atoms with Crippen LogP contribution in [-0.2, 0) is 9.59 Å². The quantitative estimate of drug-likeness (QED) is 0.715. The average molecular weight is 405 g/mol. The van der Waals surface area contributed by atoms with Crippen LogP contribution in [0.25, 0.3) is 5.57 Å². The Morgan fingerprint density at radius 1 is 0.867 bits per heavy atom. The molecule has 0 radical (unpaired) electrons. The first-order valence-corrected chi connectivity index (χ1v) is 10.5. The topological polar surface area (TPSA) is 49.9 Å². The second kappa shape index (κ2) is 7.98. The lowest BCUT2D eigenvalue weighted by molar-refractivity contribution is -0.120. The minimum atomic E-state index is -0.269. The Morgan fingerprint density at radius 3 is 2.03 bits per heavy atom. The van der Waals surface area contributed by atoms with E-state index in [0.717, 1.165) is 30.6 Å². The Bertz CT molecular complexity index is 982. The van der Waals surface area contributed by atoms with Gasteiger partial charge in [-0.3, -0.25) is 9.59 Å². The summed E-state index contributed by atoms with van der Waals surface area (Å²) < 4.78 is 5.22. The number of nitrogens with zero attached hydrogens (tertiary/aromatic N) is 2. The number of aryl methyl sites for hydroxylation is 1. The number of carbonyl (C=O) groups excluding carboxylic acids is 2. The number of imide groups is 1. The highest BCUT2D eigenvalue weighted by molar-refractivity contribution is 6.45. The summed E-state index contributed by atoms with van der Waals surface area (Å²) in [4.78, 5) is 30.6. The molecule has 1 saturated heterocycles. The molecule has 2 atom stereocenters. The minimum Gasteiger partial charge on any atom is -0.497 e. The van der Waals surface area contributed by atoms with E-state index < -0.39 is 0 Å². The van der Waals surface area contributed by atoms with Gasteiger partial charge < -0.3 is 9.64 Å². The van der Waals surface area contributed by atoms with Crippen LogP contribution in [0.15, 0.2) is 54.2 Å². The van der Waals surface area contributed by atoms with Gasteiger partial charge >= 0.3 is 0 Å². The molecule has 0 bridgehead atoms. The predicted molar refractivity (Wildman–Crippen MR) is 118 cm³/mol. The highest BCUT2D eigenvalue weighted by atomic mass is 16.5. The van der Waals surface area contributed by atoms with Gasteiger partial charge in [0.2, 0.25) is 0 Å². The number of carbonyl (C=O) groups is 2. The molecule has 2 amide bonds. The van der Waals surface area contributed by atoms with Crippen LogP contribution in [0.3, 0.4) is 0 Å². The van der Waals surface area contributed by atoms with E-state index in [2.05, 4.69) is 18.7 Å². The zero-order valence-electron chi connectivity index (χ0n) is 18.0. The molecule has 2 unspecified atom stereocenters. The molecule has 5 nitrogen and oxygen atoms in total. The van der Waals surface area contributed by atoms with Gasteiger partial charge in [-0.25, -0.2) is 4.90 Å².